The van der Waals surface area contributed by atoms with Gasteiger partial charge in [-0.05, 0) is 17.7 Å². The molecule has 1 aromatic carbocycles. The summed E-state index contributed by atoms with van der Waals surface area (Å²) < 4.78 is 17.7. The first-order valence-corrected chi connectivity index (χ1v) is 6.64. The molecule has 2 rings (SSSR count). The van der Waals surface area contributed by atoms with E-state index < -0.39 is 5.97 Å². The van der Waals surface area contributed by atoms with E-state index in [2.05, 4.69) is 10.1 Å². The second-order valence-corrected chi connectivity index (χ2v) is 4.78. The Morgan fingerprint density at radius 1 is 1.37 bits per heavy atom. The fourth-order valence-electron chi connectivity index (χ4n) is 1.43. The van der Waals surface area contributed by atoms with Gasteiger partial charge in [0.2, 0.25) is 5.89 Å². The van der Waals surface area contributed by atoms with Gasteiger partial charge in [0.15, 0.2) is 5.82 Å². The molecule has 1 N–H and O–H groups in total. The fraction of sp³-hybridized carbons (Fsp3) is 0.250. The summed E-state index contributed by atoms with van der Waals surface area (Å²) in [6.07, 6.45) is 0.452. The highest BCUT2D eigenvalue weighted by Gasteiger charge is 2.08. The minimum atomic E-state index is -0.879. The number of halogens is 1. The molecule has 0 bridgehead atoms. The van der Waals surface area contributed by atoms with Crippen molar-refractivity contribution in [3.05, 3.63) is 47.4 Å². The molecule has 0 atom stereocenters. The third kappa shape index (κ3) is 4.36. The molecule has 0 aliphatic heterocycles. The topological polar surface area (TPSA) is 76.2 Å². The van der Waals surface area contributed by atoms with Gasteiger partial charge >= 0.3 is 5.97 Å². The van der Waals surface area contributed by atoms with E-state index in [-0.39, 0.29) is 11.6 Å². The summed E-state index contributed by atoms with van der Waals surface area (Å²) in [5, 5.41) is 12.3. The van der Waals surface area contributed by atoms with Crippen LogP contribution in [0.3, 0.4) is 0 Å². The Bertz CT molecular complexity index is 556. The van der Waals surface area contributed by atoms with Crippen LogP contribution in [0.25, 0.3) is 0 Å². The predicted molar refractivity (Wildman–Crippen MR) is 67.3 cm³/mol. The average Bonchev–Trinajstić information content (AvgIpc) is 2.79. The van der Waals surface area contributed by atoms with Crippen LogP contribution in [0.5, 0.6) is 0 Å². The van der Waals surface area contributed by atoms with E-state index in [4.69, 9.17) is 9.63 Å². The highest BCUT2D eigenvalue weighted by Crippen LogP contribution is 2.12. The van der Waals surface area contributed by atoms with Crippen molar-refractivity contribution in [3.8, 4) is 0 Å². The number of thioether (sulfide) groups is 1. The molecule has 0 aliphatic rings. The third-order valence-corrected chi connectivity index (χ3v) is 3.14. The predicted octanol–water partition coefficient (Wildman–Crippen LogP) is 2.12. The van der Waals surface area contributed by atoms with Gasteiger partial charge in [-0.2, -0.15) is 4.98 Å². The van der Waals surface area contributed by atoms with Crippen LogP contribution in [0.2, 0.25) is 0 Å². The summed E-state index contributed by atoms with van der Waals surface area (Å²) in [6.45, 7) is 0. The summed E-state index contributed by atoms with van der Waals surface area (Å²) >= 11 is 1.19. The minimum Gasteiger partial charge on any atom is -0.481 e. The molecule has 0 spiro atoms. The van der Waals surface area contributed by atoms with Crippen LogP contribution in [0.1, 0.15) is 17.3 Å². The monoisotopic (exact) mass is 282 g/mol. The zero-order chi connectivity index (χ0) is 13.7. The molecule has 1 aromatic heterocycles. The van der Waals surface area contributed by atoms with Crippen LogP contribution in [0.15, 0.2) is 28.8 Å². The van der Waals surface area contributed by atoms with Gasteiger partial charge < -0.3 is 9.63 Å². The molecule has 0 aliphatic carbocycles. The lowest BCUT2D eigenvalue weighted by Gasteiger charge is -1.95. The van der Waals surface area contributed by atoms with Gasteiger partial charge in [0.25, 0.3) is 0 Å². The van der Waals surface area contributed by atoms with Crippen molar-refractivity contribution >= 4 is 17.7 Å². The molecular formula is C12H11FN2O3S. The van der Waals surface area contributed by atoms with E-state index >= 15 is 0 Å². The Balaban J connectivity index is 1.90. The highest BCUT2D eigenvalue weighted by molar-refractivity contribution is 7.99. The maximum Gasteiger partial charge on any atom is 0.313 e. The number of carbonyl (C=O) groups is 1. The van der Waals surface area contributed by atoms with Crippen LogP contribution >= 0.6 is 11.8 Å². The molecule has 5 nitrogen and oxygen atoms in total. The Kier molecular flexibility index (Phi) is 4.51. The lowest BCUT2D eigenvalue weighted by Crippen LogP contribution is -1.98. The van der Waals surface area contributed by atoms with Crippen molar-refractivity contribution in [2.24, 2.45) is 0 Å². The molecule has 19 heavy (non-hydrogen) atoms. The Morgan fingerprint density at radius 3 is 2.79 bits per heavy atom. The SMILES string of the molecule is O=C(O)CSCc1nc(Cc2ccc(F)cc2)no1. The first-order chi connectivity index (χ1) is 9.13. The van der Waals surface area contributed by atoms with E-state index in [0.29, 0.717) is 23.9 Å². The molecule has 7 heteroatoms. The van der Waals surface area contributed by atoms with Gasteiger partial charge in [0.1, 0.15) is 5.82 Å². The van der Waals surface area contributed by atoms with Crippen molar-refractivity contribution in [2.75, 3.05) is 5.75 Å². The maximum absolute atomic E-state index is 12.7. The molecule has 1 heterocycles. The van der Waals surface area contributed by atoms with Crippen molar-refractivity contribution in [3.63, 3.8) is 0 Å². The number of nitrogens with zero attached hydrogens (tertiary/aromatic N) is 2. The summed E-state index contributed by atoms with van der Waals surface area (Å²) in [7, 11) is 0. The third-order valence-electron chi connectivity index (χ3n) is 2.24. The van der Waals surface area contributed by atoms with E-state index in [9.17, 15) is 9.18 Å². The van der Waals surface area contributed by atoms with Crippen molar-refractivity contribution < 1.29 is 18.8 Å². The summed E-state index contributed by atoms with van der Waals surface area (Å²) in [5.74, 6) is 0.0813. The van der Waals surface area contributed by atoms with E-state index in [0.717, 1.165) is 5.56 Å². The Labute approximate surface area is 112 Å². The van der Waals surface area contributed by atoms with Crippen LogP contribution in [0, 0.1) is 5.82 Å². The van der Waals surface area contributed by atoms with Gasteiger partial charge in [-0.3, -0.25) is 4.79 Å². The summed E-state index contributed by atoms with van der Waals surface area (Å²) in [5.41, 5.74) is 0.881. The van der Waals surface area contributed by atoms with Crippen molar-refractivity contribution in [1.82, 2.24) is 10.1 Å². The smallest absolute Gasteiger partial charge is 0.313 e. The molecule has 0 radical (unpaired) electrons. The zero-order valence-corrected chi connectivity index (χ0v) is 10.7. The number of benzene rings is 1. The molecule has 0 amide bonds. The number of carboxylic acids is 1. The van der Waals surface area contributed by atoms with Gasteiger partial charge in [-0.25, -0.2) is 4.39 Å². The lowest BCUT2D eigenvalue weighted by atomic mass is 10.1. The molecule has 0 unspecified atom stereocenters. The molecular weight excluding hydrogens is 271 g/mol. The molecule has 0 saturated heterocycles. The van der Waals surface area contributed by atoms with Gasteiger partial charge in [-0.15, -0.1) is 11.8 Å². The standard InChI is InChI=1S/C12H11FN2O3S/c13-9-3-1-8(2-4-9)5-10-14-11(18-15-10)6-19-7-12(16)17/h1-4H,5-7H2,(H,16,17). The number of aromatic nitrogens is 2. The van der Waals surface area contributed by atoms with Crippen LogP contribution in [-0.2, 0) is 17.0 Å². The number of hydrogen-bond acceptors (Lipinski definition) is 5. The number of aliphatic carboxylic acids is 1. The summed E-state index contributed by atoms with van der Waals surface area (Å²) in [4.78, 5) is 14.5. The number of hydrogen-bond donors (Lipinski definition) is 1. The highest BCUT2D eigenvalue weighted by atomic mass is 32.2. The average molecular weight is 282 g/mol. The molecule has 100 valence electrons. The van der Waals surface area contributed by atoms with E-state index in [1.54, 1.807) is 12.1 Å². The van der Waals surface area contributed by atoms with Gasteiger partial charge in [-0.1, -0.05) is 17.3 Å². The van der Waals surface area contributed by atoms with Crippen LogP contribution in [0.4, 0.5) is 4.39 Å². The normalized spacial score (nSPS) is 10.6. The minimum absolute atomic E-state index is 0.00429. The number of rotatable bonds is 6. The second-order valence-electron chi connectivity index (χ2n) is 3.79. The van der Waals surface area contributed by atoms with Gasteiger partial charge in [0.05, 0.1) is 11.5 Å². The van der Waals surface area contributed by atoms with Gasteiger partial charge in [0, 0.05) is 6.42 Å². The maximum atomic E-state index is 12.7. The first kappa shape index (κ1) is 13.5. The first-order valence-electron chi connectivity index (χ1n) is 5.49. The largest absolute Gasteiger partial charge is 0.481 e. The van der Waals surface area contributed by atoms with Crippen molar-refractivity contribution in [2.45, 2.75) is 12.2 Å². The van der Waals surface area contributed by atoms with E-state index in [1.165, 1.54) is 23.9 Å². The quantitative estimate of drug-likeness (QED) is 0.874. The fourth-order valence-corrected chi connectivity index (χ4v) is 2.00. The Hall–Kier alpha value is -1.89. The van der Waals surface area contributed by atoms with Crippen LogP contribution in [-0.4, -0.2) is 27.0 Å². The Morgan fingerprint density at radius 2 is 2.11 bits per heavy atom. The molecule has 0 fully saturated rings. The molecule has 2 aromatic rings. The second kappa shape index (κ2) is 6.33. The summed E-state index contributed by atoms with van der Waals surface area (Å²) in [6, 6.07) is 6.06. The molecule has 0 saturated carbocycles. The lowest BCUT2D eigenvalue weighted by molar-refractivity contribution is -0.133. The van der Waals surface area contributed by atoms with Crippen molar-refractivity contribution in [1.29, 1.82) is 0 Å². The zero-order valence-electron chi connectivity index (χ0n) is 9.88. The number of carboxylic acid groups (broad SMARTS) is 1. The van der Waals surface area contributed by atoms with E-state index in [1.807, 2.05) is 0 Å². The van der Waals surface area contributed by atoms with Crippen LogP contribution < -0.4 is 0 Å².